The molecule has 0 heterocycles. The van der Waals surface area contributed by atoms with Gasteiger partial charge in [-0.15, -0.1) is 0 Å². The maximum atomic E-state index is 11.8. The Morgan fingerprint density at radius 1 is 1.58 bits per heavy atom. The topological polar surface area (TPSA) is 98.3 Å². The SMILES string of the molecule is CCCC[C@H](N)C(=O)Nc1ccc([N+](=O)[O-])cc1Br. The Bertz CT molecular complexity index is 479. The summed E-state index contributed by atoms with van der Waals surface area (Å²) in [6, 6.07) is 3.58. The van der Waals surface area contributed by atoms with Crippen LogP contribution in [0.1, 0.15) is 26.2 Å². The fourth-order valence-corrected chi connectivity index (χ4v) is 1.97. The molecule has 104 valence electrons. The van der Waals surface area contributed by atoms with E-state index in [9.17, 15) is 14.9 Å². The van der Waals surface area contributed by atoms with E-state index in [-0.39, 0.29) is 11.6 Å². The summed E-state index contributed by atoms with van der Waals surface area (Å²) in [5, 5.41) is 13.2. The van der Waals surface area contributed by atoms with E-state index >= 15 is 0 Å². The first kappa shape index (κ1) is 15.6. The van der Waals surface area contributed by atoms with Crippen LogP contribution in [0.5, 0.6) is 0 Å². The number of carbonyl (C=O) groups excluding carboxylic acids is 1. The van der Waals surface area contributed by atoms with Crippen LogP contribution in [0.25, 0.3) is 0 Å². The Morgan fingerprint density at radius 2 is 2.26 bits per heavy atom. The highest BCUT2D eigenvalue weighted by Crippen LogP contribution is 2.27. The third-order valence-electron chi connectivity index (χ3n) is 2.63. The molecular formula is C12H16BrN3O3. The summed E-state index contributed by atoms with van der Waals surface area (Å²) in [6.07, 6.45) is 2.48. The molecule has 3 N–H and O–H groups in total. The molecule has 0 saturated heterocycles. The number of nitro groups is 1. The van der Waals surface area contributed by atoms with Crippen LogP contribution in [0.2, 0.25) is 0 Å². The minimum Gasteiger partial charge on any atom is -0.324 e. The first-order valence-corrected chi connectivity index (χ1v) is 6.75. The molecule has 1 atom stereocenters. The van der Waals surface area contributed by atoms with Crippen LogP contribution in [0.3, 0.4) is 0 Å². The zero-order chi connectivity index (χ0) is 14.4. The maximum Gasteiger partial charge on any atom is 0.270 e. The van der Waals surface area contributed by atoms with Gasteiger partial charge in [-0.1, -0.05) is 19.8 Å². The number of non-ortho nitro benzene ring substituents is 1. The lowest BCUT2D eigenvalue weighted by atomic mass is 10.1. The summed E-state index contributed by atoms with van der Waals surface area (Å²) in [5.74, 6) is -0.289. The predicted molar refractivity (Wildman–Crippen MR) is 76.9 cm³/mol. The van der Waals surface area contributed by atoms with Crippen molar-refractivity contribution in [3.05, 3.63) is 32.8 Å². The van der Waals surface area contributed by atoms with Crippen LogP contribution < -0.4 is 11.1 Å². The third kappa shape index (κ3) is 4.60. The maximum absolute atomic E-state index is 11.8. The molecule has 0 aliphatic rings. The van der Waals surface area contributed by atoms with E-state index in [1.165, 1.54) is 18.2 Å². The van der Waals surface area contributed by atoms with Gasteiger partial charge in [0.15, 0.2) is 0 Å². The van der Waals surface area contributed by atoms with Crippen molar-refractivity contribution in [1.82, 2.24) is 0 Å². The summed E-state index contributed by atoms with van der Waals surface area (Å²) in [5.41, 5.74) is 6.18. The first-order valence-electron chi connectivity index (χ1n) is 5.96. The first-order chi connectivity index (χ1) is 8.95. The Hall–Kier alpha value is -1.47. The standard InChI is InChI=1S/C12H16BrN3O3/c1-2-3-4-10(14)12(17)15-11-6-5-8(16(18)19)7-9(11)13/h5-7,10H,2-4,14H2,1H3,(H,15,17)/t10-/m0/s1. The number of halogens is 1. The Kier molecular flexibility index (Phi) is 5.91. The average molecular weight is 330 g/mol. The summed E-state index contributed by atoms with van der Waals surface area (Å²) >= 11 is 3.19. The Labute approximate surface area is 119 Å². The molecule has 0 unspecified atom stereocenters. The fraction of sp³-hybridized carbons (Fsp3) is 0.417. The van der Waals surface area contributed by atoms with Crippen molar-refractivity contribution in [3.8, 4) is 0 Å². The molecule has 0 saturated carbocycles. The van der Waals surface area contributed by atoms with Gasteiger partial charge >= 0.3 is 0 Å². The lowest BCUT2D eigenvalue weighted by Crippen LogP contribution is -2.35. The van der Waals surface area contributed by atoms with Crippen molar-refractivity contribution in [2.45, 2.75) is 32.2 Å². The molecule has 1 aromatic carbocycles. The quantitative estimate of drug-likeness (QED) is 0.619. The molecule has 0 fully saturated rings. The van der Waals surface area contributed by atoms with Gasteiger partial charge in [-0.05, 0) is 28.4 Å². The largest absolute Gasteiger partial charge is 0.324 e. The number of rotatable bonds is 6. The van der Waals surface area contributed by atoms with Crippen molar-refractivity contribution in [2.75, 3.05) is 5.32 Å². The predicted octanol–water partition coefficient (Wildman–Crippen LogP) is 2.81. The third-order valence-corrected chi connectivity index (χ3v) is 3.28. The van der Waals surface area contributed by atoms with Crippen molar-refractivity contribution in [1.29, 1.82) is 0 Å². The monoisotopic (exact) mass is 329 g/mol. The number of nitro benzene ring substituents is 1. The minimum atomic E-state index is -0.568. The van der Waals surface area contributed by atoms with E-state index < -0.39 is 11.0 Å². The number of unbranched alkanes of at least 4 members (excludes halogenated alkanes) is 1. The van der Waals surface area contributed by atoms with Crippen LogP contribution in [0, 0.1) is 10.1 Å². The molecule has 19 heavy (non-hydrogen) atoms. The molecule has 0 spiro atoms. The zero-order valence-corrected chi connectivity index (χ0v) is 12.1. The number of benzene rings is 1. The smallest absolute Gasteiger partial charge is 0.270 e. The van der Waals surface area contributed by atoms with Gasteiger partial charge in [0.2, 0.25) is 5.91 Å². The van der Waals surface area contributed by atoms with Gasteiger partial charge in [-0.25, -0.2) is 0 Å². The number of anilines is 1. The van der Waals surface area contributed by atoms with Gasteiger partial charge in [0, 0.05) is 16.6 Å². The molecule has 1 amide bonds. The second kappa shape index (κ2) is 7.20. The summed E-state index contributed by atoms with van der Waals surface area (Å²) in [4.78, 5) is 21.9. The van der Waals surface area contributed by atoms with Gasteiger partial charge in [0.1, 0.15) is 0 Å². The van der Waals surface area contributed by atoms with Gasteiger partial charge < -0.3 is 11.1 Å². The van der Waals surface area contributed by atoms with Crippen LogP contribution in [0.4, 0.5) is 11.4 Å². The number of nitrogens with one attached hydrogen (secondary N) is 1. The molecule has 1 aromatic rings. The normalized spacial score (nSPS) is 11.9. The molecule has 0 aromatic heterocycles. The van der Waals surface area contributed by atoms with Crippen molar-refractivity contribution < 1.29 is 9.72 Å². The summed E-state index contributed by atoms with van der Waals surface area (Å²) in [7, 11) is 0. The summed E-state index contributed by atoms with van der Waals surface area (Å²) in [6.45, 7) is 2.03. The van der Waals surface area contributed by atoms with Crippen molar-refractivity contribution in [2.24, 2.45) is 5.73 Å². The zero-order valence-electron chi connectivity index (χ0n) is 10.6. The van der Waals surface area contributed by atoms with E-state index in [0.29, 0.717) is 16.6 Å². The van der Waals surface area contributed by atoms with Crippen LogP contribution in [-0.2, 0) is 4.79 Å². The molecule has 6 nitrogen and oxygen atoms in total. The Balaban J connectivity index is 2.72. The summed E-state index contributed by atoms with van der Waals surface area (Å²) < 4.78 is 0.456. The highest BCUT2D eigenvalue weighted by Gasteiger charge is 2.15. The fourth-order valence-electron chi connectivity index (χ4n) is 1.50. The second-order valence-electron chi connectivity index (χ2n) is 4.16. The second-order valence-corrected chi connectivity index (χ2v) is 5.01. The van der Waals surface area contributed by atoms with E-state index in [1.54, 1.807) is 0 Å². The van der Waals surface area contributed by atoms with Crippen molar-refractivity contribution >= 4 is 33.2 Å². The van der Waals surface area contributed by atoms with E-state index in [4.69, 9.17) is 5.73 Å². The van der Waals surface area contributed by atoms with E-state index in [2.05, 4.69) is 21.2 Å². The highest BCUT2D eigenvalue weighted by molar-refractivity contribution is 9.10. The molecule has 7 heteroatoms. The van der Waals surface area contributed by atoms with Crippen LogP contribution in [0.15, 0.2) is 22.7 Å². The molecule has 0 radical (unpaired) electrons. The van der Waals surface area contributed by atoms with Gasteiger partial charge in [0.25, 0.3) is 5.69 Å². The number of nitrogens with zero attached hydrogens (tertiary/aromatic N) is 1. The molecule has 0 bridgehead atoms. The number of amides is 1. The number of carbonyl (C=O) groups is 1. The Morgan fingerprint density at radius 3 is 2.79 bits per heavy atom. The van der Waals surface area contributed by atoms with Crippen LogP contribution in [-0.4, -0.2) is 16.9 Å². The molecular weight excluding hydrogens is 314 g/mol. The molecule has 0 aliphatic heterocycles. The number of hydrogen-bond acceptors (Lipinski definition) is 4. The highest BCUT2D eigenvalue weighted by atomic mass is 79.9. The minimum absolute atomic E-state index is 0.0415. The van der Waals surface area contributed by atoms with E-state index in [1.807, 2.05) is 6.92 Å². The van der Waals surface area contributed by atoms with Gasteiger partial charge in [0.05, 0.1) is 16.7 Å². The van der Waals surface area contributed by atoms with Crippen molar-refractivity contribution in [3.63, 3.8) is 0 Å². The van der Waals surface area contributed by atoms with Gasteiger partial charge in [-0.3, -0.25) is 14.9 Å². The lowest BCUT2D eigenvalue weighted by Gasteiger charge is -2.12. The van der Waals surface area contributed by atoms with Gasteiger partial charge in [-0.2, -0.15) is 0 Å². The number of nitrogens with two attached hydrogens (primary N) is 1. The lowest BCUT2D eigenvalue weighted by molar-refractivity contribution is -0.384. The molecule has 0 aliphatic carbocycles. The van der Waals surface area contributed by atoms with Crippen LogP contribution >= 0.6 is 15.9 Å². The average Bonchev–Trinajstić information content (AvgIpc) is 2.37. The van der Waals surface area contributed by atoms with E-state index in [0.717, 1.165) is 12.8 Å². The number of hydrogen-bond donors (Lipinski definition) is 2. The molecule has 1 rings (SSSR count).